The van der Waals surface area contributed by atoms with Gasteiger partial charge in [0.1, 0.15) is 11.5 Å². The Morgan fingerprint density at radius 1 is 1.18 bits per heavy atom. The lowest BCUT2D eigenvalue weighted by atomic mass is 9.91. The van der Waals surface area contributed by atoms with Gasteiger partial charge in [-0.2, -0.15) is 5.26 Å². The Hall–Kier alpha value is -3.53. The number of benzene rings is 2. The van der Waals surface area contributed by atoms with E-state index in [9.17, 15) is 14.7 Å². The molecule has 0 bridgehead atoms. The molecule has 7 heteroatoms. The van der Waals surface area contributed by atoms with E-state index in [0.29, 0.717) is 35.7 Å². The average molecular weight is 379 g/mol. The molecular formula is C21H21N3O4. The van der Waals surface area contributed by atoms with Crippen LogP contribution in [-0.2, 0) is 4.79 Å². The van der Waals surface area contributed by atoms with E-state index in [2.05, 4.69) is 5.32 Å². The Morgan fingerprint density at radius 2 is 1.93 bits per heavy atom. The van der Waals surface area contributed by atoms with Gasteiger partial charge in [-0.15, -0.1) is 0 Å². The van der Waals surface area contributed by atoms with Gasteiger partial charge in [-0.05, 0) is 48.7 Å². The van der Waals surface area contributed by atoms with E-state index >= 15 is 0 Å². The molecule has 0 aromatic heterocycles. The normalized spacial score (nSPS) is 18.8. The molecule has 7 nitrogen and oxygen atoms in total. The van der Waals surface area contributed by atoms with Gasteiger partial charge in [-0.3, -0.25) is 4.79 Å². The number of amides is 2. The van der Waals surface area contributed by atoms with Gasteiger partial charge >= 0.3 is 12.0 Å². The van der Waals surface area contributed by atoms with Gasteiger partial charge in [0.15, 0.2) is 0 Å². The number of hydrogen-bond donors (Lipinski definition) is 2. The number of ether oxygens (including phenoxy) is 1. The molecule has 0 saturated carbocycles. The second-order valence-corrected chi connectivity index (χ2v) is 6.98. The quantitative estimate of drug-likeness (QED) is 0.838. The van der Waals surface area contributed by atoms with E-state index in [1.807, 2.05) is 13.0 Å². The number of piperidine rings is 1. The number of urea groups is 1. The second-order valence-electron chi connectivity index (χ2n) is 6.98. The molecule has 0 aliphatic carbocycles. The number of nitrogens with zero attached hydrogens (tertiary/aromatic N) is 2. The first-order valence-corrected chi connectivity index (χ1v) is 9.01. The Bertz CT molecular complexity index is 905. The number of rotatable bonds is 4. The van der Waals surface area contributed by atoms with Crippen LogP contribution in [0.4, 0.5) is 10.5 Å². The molecule has 2 atom stereocenters. The maximum absolute atomic E-state index is 12.6. The zero-order valence-corrected chi connectivity index (χ0v) is 15.5. The minimum atomic E-state index is -0.873. The predicted octanol–water partition coefficient (Wildman–Crippen LogP) is 3.93. The lowest BCUT2D eigenvalue weighted by Crippen LogP contribution is -2.47. The number of likely N-dealkylation sites (tertiary alicyclic amines) is 1. The molecule has 28 heavy (non-hydrogen) atoms. The van der Waals surface area contributed by atoms with Gasteiger partial charge in [0, 0.05) is 24.8 Å². The molecule has 3 rings (SSSR count). The predicted molar refractivity (Wildman–Crippen MR) is 103 cm³/mol. The fraction of sp³-hybridized carbons (Fsp3) is 0.286. The summed E-state index contributed by atoms with van der Waals surface area (Å²) in [6.45, 7) is 2.67. The Balaban J connectivity index is 1.65. The zero-order chi connectivity index (χ0) is 20.1. The van der Waals surface area contributed by atoms with Crippen LogP contribution in [0.1, 0.15) is 18.9 Å². The number of carbonyl (C=O) groups is 2. The van der Waals surface area contributed by atoms with Gasteiger partial charge < -0.3 is 20.1 Å². The largest absolute Gasteiger partial charge is 0.481 e. The van der Waals surface area contributed by atoms with Crippen LogP contribution < -0.4 is 10.1 Å². The molecule has 2 aromatic rings. The van der Waals surface area contributed by atoms with E-state index in [-0.39, 0.29) is 18.5 Å². The molecular weight excluding hydrogens is 358 g/mol. The van der Waals surface area contributed by atoms with Crippen molar-refractivity contribution in [3.8, 4) is 17.6 Å². The van der Waals surface area contributed by atoms with Crippen molar-refractivity contribution < 1.29 is 19.4 Å². The number of anilines is 1. The summed E-state index contributed by atoms with van der Waals surface area (Å²) in [5.74, 6) is -0.163. The number of nitrogens with one attached hydrogen (secondary N) is 1. The number of aliphatic carboxylic acids is 1. The lowest BCUT2D eigenvalue weighted by Gasteiger charge is -2.34. The zero-order valence-electron chi connectivity index (χ0n) is 15.5. The second kappa shape index (κ2) is 8.44. The molecule has 1 aliphatic heterocycles. The molecule has 2 unspecified atom stereocenters. The highest BCUT2D eigenvalue weighted by molar-refractivity contribution is 5.90. The van der Waals surface area contributed by atoms with Crippen LogP contribution in [0.15, 0.2) is 48.5 Å². The van der Waals surface area contributed by atoms with Crippen LogP contribution in [-0.4, -0.2) is 35.1 Å². The van der Waals surface area contributed by atoms with Crippen molar-refractivity contribution in [2.24, 2.45) is 11.8 Å². The molecule has 2 aromatic carbocycles. The summed E-state index contributed by atoms with van der Waals surface area (Å²) in [6.07, 6.45) is 0.576. The average Bonchev–Trinajstić information content (AvgIpc) is 2.68. The van der Waals surface area contributed by atoms with Gasteiger partial charge in [-0.25, -0.2) is 4.79 Å². The van der Waals surface area contributed by atoms with Crippen molar-refractivity contribution in [1.29, 1.82) is 5.26 Å². The third-order valence-corrected chi connectivity index (χ3v) is 4.60. The van der Waals surface area contributed by atoms with Gasteiger partial charge in [0.05, 0.1) is 17.6 Å². The van der Waals surface area contributed by atoms with Crippen LogP contribution in [0.25, 0.3) is 0 Å². The summed E-state index contributed by atoms with van der Waals surface area (Å²) in [6, 6.07) is 15.4. The van der Waals surface area contributed by atoms with Crippen LogP contribution >= 0.6 is 0 Å². The molecule has 1 aliphatic rings. The molecule has 2 amide bonds. The van der Waals surface area contributed by atoms with Crippen molar-refractivity contribution in [1.82, 2.24) is 4.90 Å². The Morgan fingerprint density at radius 3 is 2.61 bits per heavy atom. The first-order valence-electron chi connectivity index (χ1n) is 9.01. The van der Waals surface area contributed by atoms with E-state index in [0.717, 1.165) is 0 Å². The topological polar surface area (TPSA) is 103 Å². The fourth-order valence-electron chi connectivity index (χ4n) is 3.27. The maximum atomic E-state index is 12.6. The highest BCUT2D eigenvalue weighted by atomic mass is 16.5. The van der Waals surface area contributed by atoms with E-state index in [1.165, 1.54) is 0 Å². The molecule has 2 N–H and O–H groups in total. The summed E-state index contributed by atoms with van der Waals surface area (Å²) >= 11 is 0. The third kappa shape index (κ3) is 4.80. The highest BCUT2D eigenvalue weighted by Crippen LogP contribution is 2.26. The minimum Gasteiger partial charge on any atom is -0.481 e. The van der Waals surface area contributed by atoms with Crippen LogP contribution in [0.5, 0.6) is 11.5 Å². The Kier molecular flexibility index (Phi) is 5.80. The first kappa shape index (κ1) is 19.2. The lowest BCUT2D eigenvalue weighted by molar-refractivity contribution is -0.143. The first-order chi connectivity index (χ1) is 13.4. The fourth-order valence-corrected chi connectivity index (χ4v) is 3.27. The van der Waals surface area contributed by atoms with Gasteiger partial charge in [0.25, 0.3) is 0 Å². The van der Waals surface area contributed by atoms with Gasteiger partial charge in [0.2, 0.25) is 0 Å². The highest BCUT2D eigenvalue weighted by Gasteiger charge is 2.31. The molecule has 0 spiro atoms. The molecule has 1 heterocycles. The number of nitriles is 1. The number of hydrogen-bond acceptors (Lipinski definition) is 4. The third-order valence-electron chi connectivity index (χ3n) is 4.60. The molecule has 0 radical (unpaired) electrons. The molecule has 1 saturated heterocycles. The molecule has 1 fully saturated rings. The van der Waals surface area contributed by atoms with Crippen molar-refractivity contribution in [2.45, 2.75) is 13.3 Å². The minimum absolute atomic E-state index is 0.131. The Labute approximate surface area is 163 Å². The van der Waals surface area contributed by atoms with Crippen molar-refractivity contribution in [3.05, 3.63) is 54.1 Å². The van der Waals surface area contributed by atoms with Crippen molar-refractivity contribution in [2.75, 3.05) is 18.4 Å². The summed E-state index contributed by atoms with van der Waals surface area (Å²) < 4.78 is 5.76. The molecule has 144 valence electrons. The number of carboxylic acid groups (broad SMARTS) is 1. The van der Waals surface area contributed by atoms with Crippen LogP contribution in [0.2, 0.25) is 0 Å². The van der Waals surface area contributed by atoms with E-state index < -0.39 is 11.9 Å². The van der Waals surface area contributed by atoms with Crippen LogP contribution in [0.3, 0.4) is 0 Å². The summed E-state index contributed by atoms with van der Waals surface area (Å²) in [5, 5.41) is 20.9. The monoisotopic (exact) mass is 379 g/mol. The maximum Gasteiger partial charge on any atom is 0.321 e. The van der Waals surface area contributed by atoms with Crippen LogP contribution in [0, 0.1) is 23.2 Å². The van der Waals surface area contributed by atoms with E-state index in [4.69, 9.17) is 10.00 Å². The SMILES string of the molecule is CC1CC(C(=O)O)CN(C(=O)Nc2cccc(Oc3ccc(C#N)cc3)c2)C1. The smallest absolute Gasteiger partial charge is 0.321 e. The van der Waals surface area contributed by atoms with Crippen molar-refractivity contribution in [3.63, 3.8) is 0 Å². The number of carboxylic acids is 1. The van der Waals surface area contributed by atoms with Gasteiger partial charge in [-0.1, -0.05) is 13.0 Å². The summed E-state index contributed by atoms with van der Waals surface area (Å²) in [7, 11) is 0. The van der Waals surface area contributed by atoms with Crippen molar-refractivity contribution >= 4 is 17.7 Å². The summed E-state index contributed by atoms with van der Waals surface area (Å²) in [5.41, 5.74) is 1.10. The van der Waals surface area contributed by atoms with E-state index in [1.54, 1.807) is 53.4 Å². The summed E-state index contributed by atoms with van der Waals surface area (Å²) in [4.78, 5) is 25.4. The standard InChI is InChI=1S/C21H21N3O4/c1-14-9-16(20(25)26)13-24(12-14)21(27)23-17-3-2-4-19(10-17)28-18-7-5-15(11-22)6-8-18/h2-8,10,14,16H,9,12-13H2,1H3,(H,23,27)(H,25,26). The number of carbonyl (C=O) groups excluding carboxylic acids is 1.